The first-order valence-electron chi connectivity index (χ1n) is 7.39. The van der Waals surface area contributed by atoms with Crippen molar-refractivity contribution in [3.63, 3.8) is 0 Å². The lowest BCUT2D eigenvalue weighted by Crippen LogP contribution is -2.43. The van der Waals surface area contributed by atoms with Gasteiger partial charge in [0.2, 0.25) is 0 Å². The molecule has 0 aliphatic heterocycles. The van der Waals surface area contributed by atoms with E-state index in [1.807, 2.05) is 55.1 Å². The fourth-order valence-electron chi connectivity index (χ4n) is 2.45. The van der Waals surface area contributed by atoms with Crippen LogP contribution in [0.15, 0.2) is 48.8 Å². The molecule has 23 heavy (non-hydrogen) atoms. The summed E-state index contributed by atoms with van der Waals surface area (Å²) >= 11 is 0. The molecule has 1 amide bonds. The van der Waals surface area contributed by atoms with Crippen LogP contribution < -0.4 is 9.88 Å². The molecular weight excluding hydrogens is 292 g/mol. The van der Waals surface area contributed by atoms with Crippen LogP contribution in [0.3, 0.4) is 0 Å². The molecule has 0 bridgehead atoms. The molecule has 1 N–H and O–H groups in total. The maximum atomic E-state index is 12.4. The van der Waals surface area contributed by atoms with Crippen molar-refractivity contribution in [3.05, 3.63) is 65.5 Å². The highest BCUT2D eigenvalue weighted by atomic mass is 16.5. The summed E-state index contributed by atoms with van der Waals surface area (Å²) in [4.78, 5) is 24.4. The fraction of sp³-hybridized carbons (Fsp3) is 0.278. The minimum absolute atomic E-state index is 0.296. The Morgan fingerprint density at radius 3 is 2.52 bits per heavy atom. The number of aryl methyl sites for hydroxylation is 2. The maximum Gasteiger partial charge on any atom is 0.328 e. The number of benzene rings is 1. The van der Waals surface area contributed by atoms with Crippen molar-refractivity contribution in [3.8, 4) is 0 Å². The fourth-order valence-corrected chi connectivity index (χ4v) is 2.45. The number of esters is 1. The molecule has 0 unspecified atom stereocenters. The second-order valence-electron chi connectivity index (χ2n) is 5.51. The third-order valence-electron chi connectivity index (χ3n) is 3.47. The van der Waals surface area contributed by atoms with Crippen molar-refractivity contribution >= 4 is 11.9 Å². The van der Waals surface area contributed by atoms with Gasteiger partial charge in [-0.1, -0.05) is 30.3 Å². The standard InChI is InChI=1S/C18H20N2O3/c1-13-9-15(12-20(2)11-13)17(21)19-16(18(22)23-3)10-14-7-5-4-6-8-14/h4-9,11-12,16H,10H2,1-3H3/p+1/t16-/m0/s1. The third-order valence-corrected chi connectivity index (χ3v) is 3.47. The number of carbonyl (C=O) groups is 2. The molecule has 0 aliphatic rings. The number of pyridine rings is 1. The molecule has 0 spiro atoms. The number of nitrogens with one attached hydrogen (secondary N) is 1. The number of nitrogens with zero attached hydrogens (tertiary/aromatic N) is 1. The first-order chi connectivity index (χ1) is 11.0. The summed E-state index contributed by atoms with van der Waals surface area (Å²) in [7, 11) is 3.17. The van der Waals surface area contributed by atoms with E-state index in [4.69, 9.17) is 4.74 Å². The molecule has 0 saturated carbocycles. The van der Waals surface area contributed by atoms with Crippen LogP contribution in [-0.2, 0) is 23.0 Å². The summed E-state index contributed by atoms with van der Waals surface area (Å²) in [5.41, 5.74) is 2.44. The summed E-state index contributed by atoms with van der Waals surface area (Å²) in [5.74, 6) is -0.755. The van der Waals surface area contributed by atoms with Crippen molar-refractivity contribution in [2.24, 2.45) is 7.05 Å². The monoisotopic (exact) mass is 313 g/mol. The van der Waals surface area contributed by atoms with Gasteiger partial charge in [0.25, 0.3) is 5.91 Å². The number of aromatic nitrogens is 1. The molecule has 1 heterocycles. The minimum atomic E-state index is -0.722. The predicted octanol–water partition coefficient (Wildman–Crippen LogP) is 1.33. The van der Waals surface area contributed by atoms with Gasteiger partial charge in [-0.15, -0.1) is 0 Å². The smallest absolute Gasteiger partial charge is 0.328 e. The summed E-state index contributed by atoms with van der Waals surface area (Å²) in [6.07, 6.45) is 4.02. The van der Waals surface area contributed by atoms with Gasteiger partial charge >= 0.3 is 5.97 Å². The number of rotatable bonds is 5. The van der Waals surface area contributed by atoms with E-state index in [0.717, 1.165) is 11.1 Å². The first-order valence-corrected chi connectivity index (χ1v) is 7.39. The summed E-state index contributed by atoms with van der Waals surface area (Å²) < 4.78 is 6.62. The number of amides is 1. The zero-order valence-electron chi connectivity index (χ0n) is 13.6. The van der Waals surface area contributed by atoms with Crippen LogP contribution in [0.4, 0.5) is 0 Å². The number of hydrogen-bond acceptors (Lipinski definition) is 3. The first kappa shape index (κ1) is 16.7. The molecule has 0 saturated heterocycles. The number of ether oxygens (including phenoxy) is 1. The molecule has 0 aliphatic carbocycles. The molecule has 1 aromatic carbocycles. The largest absolute Gasteiger partial charge is 0.467 e. The average Bonchev–Trinajstić information content (AvgIpc) is 2.53. The molecule has 0 radical (unpaired) electrons. The Hall–Kier alpha value is -2.69. The van der Waals surface area contributed by atoms with Crippen LogP contribution in [0.1, 0.15) is 21.5 Å². The zero-order valence-corrected chi connectivity index (χ0v) is 13.6. The van der Waals surface area contributed by atoms with Gasteiger partial charge in [-0.3, -0.25) is 4.79 Å². The second kappa shape index (κ2) is 7.54. The van der Waals surface area contributed by atoms with E-state index in [1.165, 1.54) is 7.11 Å². The van der Waals surface area contributed by atoms with E-state index in [1.54, 1.807) is 12.3 Å². The van der Waals surface area contributed by atoms with Gasteiger partial charge in [0, 0.05) is 12.0 Å². The van der Waals surface area contributed by atoms with E-state index < -0.39 is 12.0 Å². The quantitative estimate of drug-likeness (QED) is 0.669. The Labute approximate surface area is 135 Å². The van der Waals surface area contributed by atoms with E-state index in [2.05, 4.69) is 5.32 Å². The van der Waals surface area contributed by atoms with Gasteiger partial charge in [-0.2, -0.15) is 0 Å². The Morgan fingerprint density at radius 2 is 1.91 bits per heavy atom. The van der Waals surface area contributed by atoms with E-state index in [9.17, 15) is 9.59 Å². The van der Waals surface area contributed by atoms with Crippen LogP contribution >= 0.6 is 0 Å². The van der Waals surface area contributed by atoms with Crippen molar-refractivity contribution in [2.45, 2.75) is 19.4 Å². The van der Waals surface area contributed by atoms with Gasteiger partial charge in [0.1, 0.15) is 18.7 Å². The van der Waals surface area contributed by atoms with E-state index in [-0.39, 0.29) is 5.91 Å². The lowest BCUT2D eigenvalue weighted by molar-refractivity contribution is -0.672. The number of hydrogen-bond donors (Lipinski definition) is 1. The lowest BCUT2D eigenvalue weighted by atomic mass is 10.1. The minimum Gasteiger partial charge on any atom is -0.467 e. The third kappa shape index (κ3) is 4.64. The molecule has 2 rings (SSSR count). The van der Waals surface area contributed by atoms with Crippen LogP contribution in [0.2, 0.25) is 0 Å². The second-order valence-corrected chi connectivity index (χ2v) is 5.51. The predicted molar refractivity (Wildman–Crippen MR) is 85.8 cm³/mol. The van der Waals surface area contributed by atoms with Gasteiger partial charge < -0.3 is 10.1 Å². The highest BCUT2D eigenvalue weighted by Crippen LogP contribution is 2.06. The molecule has 120 valence electrons. The van der Waals surface area contributed by atoms with Gasteiger partial charge in [-0.05, 0) is 18.6 Å². The average molecular weight is 313 g/mol. The topological polar surface area (TPSA) is 59.3 Å². The molecule has 5 heteroatoms. The molecule has 2 aromatic rings. The molecular formula is C18H21N2O3+. The van der Waals surface area contributed by atoms with E-state index in [0.29, 0.717) is 12.0 Å². The van der Waals surface area contributed by atoms with Crippen molar-refractivity contribution < 1.29 is 18.9 Å². The highest BCUT2D eigenvalue weighted by Gasteiger charge is 2.23. The zero-order chi connectivity index (χ0) is 16.8. The Morgan fingerprint density at radius 1 is 1.22 bits per heavy atom. The normalized spacial score (nSPS) is 11.6. The van der Waals surface area contributed by atoms with Crippen molar-refractivity contribution in [1.82, 2.24) is 5.32 Å². The summed E-state index contributed by atoms with van der Waals surface area (Å²) in [6.45, 7) is 1.92. The number of methoxy groups -OCH3 is 1. The summed E-state index contributed by atoms with van der Waals surface area (Å²) in [5, 5.41) is 2.76. The molecule has 5 nitrogen and oxygen atoms in total. The van der Waals surface area contributed by atoms with Crippen LogP contribution in [-0.4, -0.2) is 25.0 Å². The van der Waals surface area contributed by atoms with Gasteiger partial charge in [-0.25, -0.2) is 9.36 Å². The van der Waals surface area contributed by atoms with Crippen LogP contribution in [0.5, 0.6) is 0 Å². The maximum absolute atomic E-state index is 12.4. The Balaban J connectivity index is 2.17. The van der Waals surface area contributed by atoms with Gasteiger partial charge in [0.05, 0.1) is 7.11 Å². The SMILES string of the molecule is COC(=O)[C@H](Cc1ccccc1)NC(=O)c1cc(C)c[n+](C)c1. The lowest BCUT2D eigenvalue weighted by Gasteiger charge is -2.16. The van der Waals surface area contributed by atoms with Crippen LogP contribution in [0.25, 0.3) is 0 Å². The Kier molecular flexibility index (Phi) is 5.46. The van der Waals surface area contributed by atoms with E-state index >= 15 is 0 Å². The highest BCUT2D eigenvalue weighted by molar-refractivity contribution is 5.96. The summed E-state index contributed by atoms with van der Waals surface area (Å²) in [6, 6.07) is 10.6. The molecule has 1 aromatic heterocycles. The Bertz CT molecular complexity index is 678. The molecule has 0 fully saturated rings. The number of carbonyl (C=O) groups excluding carboxylic acids is 2. The van der Waals surface area contributed by atoms with Gasteiger partial charge in [0.15, 0.2) is 12.4 Å². The van der Waals surface area contributed by atoms with Crippen molar-refractivity contribution in [2.75, 3.05) is 7.11 Å². The van der Waals surface area contributed by atoms with Crippen molar-refractivity contribution in [1.29, 1.82) is 0 Å². The van der Waals surface area contributed by atoms with Crippen LogP contribution in [0, 0.1) is 6.92 Å². The molecule has 1 atom stereocenters.